The second-order valence-corrected chi connectivity index (χ2v) is 5.64. The van der Waals surface area contributed by atoms with Crippen molar-refractivity contribution in [2.24, 2.45) is 5.73 Å². The first kappa shape index (κ1) is 15.8. The SMILES string of the molecule is Cc1cc(C(=O)N2CCN(CC(N)=S)CC2)c(F)cc1F. The lowest BCUT2D eigenvalue weighted by molar-refractivity contribution is 0.0649. The summed E-state index contributed by atoms with van der Waals surface area (Å²) in [5.41, 5.74) is 5.65. The zero-order valence-corrected chi connectivity index (χ0v) is 12.6. The molecule has 1 aromatic carbocycles. The van der Waals surface area contributed by atoms with Gasteiger partial charge in [-0.05, 0) is 18.6 Å². The number of rotatable bonds is 3. The maximum atomic E-state index is 13.8. The molecule has 1 aromatic rings. The quantitative estimate of drug-likeness (QED) is 0.855. The molecular formula is C14H17F2N3OS. The largest absolute Gasteiger partial charge is 0.392 e. The molecule has 0 bridgehead atoms. The van der Waals surface area contributed by atoms with Crippen LogP contribution in [0.15, 0.2) is 12.1 Å². The Balaban J connectivity index is 2.05. The number of thiocarbonyl (C=S) groups is 1. The van der Waals surface area contributed by atoms with Crippen LogP contribution in [0.25, 0.3) is 0 Å². The maximum absolute atomic E-state index is 13.8. The Hall–Kier alpha value is -1.60. The Morgan fingerprint density at radius 2 is 1.86 bits per heavy atom. The van der Waals surface area contributed by atoms with E-state index < -0.39 is 17.5 Å². The number of benzene rings is 1. The average Bonchev–Trinajstić information content (AvgIpc) is 2.42. The number of amides is 1. The van der Waals surface area contributed by atoms with Crippen LogP contribution >= 0.6 is 12.2 Å². The van der Waals surface area contributed by atoms with Gasteiger partial charge in [-0.3, -0.25) is 9.69 Å². The molecule has 1 fully saturated rings. The van der Waals surface area contributed by atoms with E-state index in [9.17, 15) is 13.6 Å². The Kier molecular flexibility index (Phi) is 4.84. The fraction of sp³-hybridized carbons (Fsp3) is 0.429. The number of aryl methyl sites for hydroxylation is 1. The molecule has 21 heavy (non-hydrogen) atoms. The molecule has 0 radical (unpaired) electrons. The lowest BCUT2D eigenvalue weighted by Gasteiger charge is -2.34. The van der Waals surface area contributed by atoms with Gasteiger partial charge >= 0.3 is 0 Å². The summed E-state index contributed by atoms with van der Waals surface area (Å²) in [4.78, 5) is 16.3. The Bertz CT molecular complexity index is 572. The number of carbonyl (C=O) groups excluding carboxylic acids is 1. The van der Waals surface area contributed by atoms with E-state index >= 15 is 0 Å². The number of halogens is 2. The molecule has 0 spiro atoms. The minimum Gasteiger partial charge on any atom is -0.392 e. The summed E-state index contributed by atoms with van der Waals surface area (Å²) in [6, 6.07) is 2.01. The summed E-state index contributed by atoms with van der Waals surface area (Å²) in [6.45, 7) is 4.22. The van der Waals surface area contributed by atoms with Crippen LogP contribution in [-0.4, -0.2) is 53.4 Å². The maximum Gasteiger partial charge on any atom is 0.256 e. The smallest absolute Gasteiger partial charge is 0.256 e. The van der Waals surface area contributed by atoms with Crippen molar-refractivity contribution in [2.75, 3.05) is 32.7 Å². The van der Waals surface area contributed by atoms with Crippen LogP contribution < -0.4 is 5.73 Å². The summed E-state index contributed by atoms with van der Waals surface area (Å²) in [5, 5.41) is 0. The highest BCUT2D eigenvalue weighted by molar-refractivity contribution is 7.80. The Morgan fingerprint density at radius 1 is 1.24 bits per heavy atom. The highest BCUT2D eigenvalue weighted by atomic mass is 32.1. The van der Waals surface area contributed by atoms with Crippen LogP contribution in [-0.2, 0) is 0 Å². The zero-order valence-electron chi connectivity index (χ0n) is 11.7. The van der Waals surface area contributed by atoms with Gasteiger partial charge in [-0.2, -0.15) is 0 Å². The van der Waals surface area contributed by atoms with Crippen LogP contribution in [0.5, 0.6) is 0 Å². The molecule has 114 valence electrons. The molecule has 1 aliphatic heterocycles. The number of nitrogens with zero attached hydrogens (tertiary/aromatic N) is 2. The van der Waals surface area contributed by atoms with Crippen molar-refractivity contribution >= 4 is 23.1 Å². The number of nitrogens with two attached hydrogens (primary N) is 1. The molecular weight excluding hydrogens is 296 g/mol. The van der Waals surface area contributed by atoms with Gasteiger partial charge < -0.3 is 10.6 Å². The predicted octanol–water partition coefficient (Wildman–Crippen LogP) is 1.32. The van der Waals surface area contributed by atoms with Gasteiger partial charge in [0.1, 0.15) is 11.6 Å². The molecule has 0 aromatic heterocycles. The van der Waals surface area contributed by atoms with Crippen molar-refractivity contribution in [2.45, 2.75) is 6.92 Å². The topological polar surface area (TPSA) is 49.6 Å². The molecule has 0 atom stereocenters. The number of carbonyl (C=O) groups is 1. The third-order valence-electron chi connectivity index (χ3n) is 3.52. The van der Waals surface area contributed by atoms with Gasteiger partial charge in [-0.1, -0.05) is 12.2 Å². The Morgan fingerprint density at radius 3 is 2.43 bits per heavy atom. The second kappa shape index (κ2) is 6.44. The Labute approximate surface area is 127 Å². The predicted molar refractivity (Wildman–Crippen MR) is 80.2 cm³/mol. The van der Waals surface area contributed by atoms with E-state index in [0.29, 0.717) is 37.7 Å². The molecule has 0 aliphatic carbocycles. The highest BCUT2D eigenvalue weighted by Gasteiger charge is 2.24. The van der Waals surface area contributed by atoms with Crippen LogP contribution in [0.1, 0.15) is 15.9 Å². The van der Waals surface area contributed by atoms with E-state index in [1.165, 1.54) is 13.0 Å². The molecule has 4 nitrogen and oxygen atoms in total. The molecule has 1 amide bonds. The van der Waals surface area contributed by atoms with E-state index in [-0.39, 0.29) is 11.1 Å². The van der Waals surface area contributed by atoms with E-state index in [0.717, 1.165) is 6.07 Å². The van der Waals surface area contributed by atoms with E-state index in [1.807, 2.05) is 4.90 Å². The van der Waals surface area contributed by atoms with Gasteiger partial charge in [0.25, 0.3) is 5.91 Å². The normalized spacial score (nSPS) is 16.0. The number of hydrogen-bond acceptors (Lipinski definition) is 3. The van der Waals surface area contributed by atoms with Crippen molar-refractivity contribution in [3.63, 3.8) is 0 Å². The third kappa shape index (κ3) is 3.74. The third-order valence-corrected chi connectivity index (χ3v) is 3.65. The molecule has 1 aliphatic rings. The van der Waals surface area contributed by atoms with Crippen molar-refractivity contribution in [1.82, 2.24) is 9.80 Å². The monoisotopic (exact) mass is 313 g/mol. The summed E-state index contributed by atoms with van der Waals surface area (Å²) in [7, 11) is 0. The van der Waals surface area contributed by atoms with Crippen LogP contribution in [0.4, 0.5) is 8.78 Å². The first-order valence-electron chi connectivity index (χ1n) is 6.64. The molecule has 0 unspecified atom stereocenters. The number of hydrogen-bond donors (Lipinski definition) is 1. The minimum atomic E-state index is -0.825. The second-order valence-electron chi connectivity index (χ2n) is 5.12. The van der Waals surface area contributed by atoms with Gasteiger partial charge in [-0.15, -0.1) is 0 Å². The van der Waals surface area contributed by atoms with Gasteiger partial charge in [0.15, 0.2) is 0 Å². The number of piperazine rings is 1. The van der Waals surface area contributed by atoms with Crippen molar-refractivity contribution < 1.29 is 13.6 Å². The van der Waals surface area contributed by atoms with Gasteiger partial charge in [0, 0.05) is 38.8 Å². The summed E-state index contributed by atoms with van der Waals surface area (Å²) in [5.74, 6) is -1.88. The van der Waals surface area contributed by atoms with Crippen LogP contribution in [0.2, 0.25) is 0 Å². The molecule has 0 saturated carbocycles. The average molecular weight is 313 g/mol. The van der Waals surface area contributed by atoms with Crippen molar-refractivity contribution in [1.29, 1.82) is 0 Å². The lowest BCUT2D eigenvalue weighted by atomic mass is 10.1. The van der Waals surface area contributed by atoms with Gasteiger partial charge in [0.2, 0.25) is 0 Å². The summed E-state index contributed by atoms with van der Waals surface area (Å²) < 4.78 is 27.0. The molecule has 2 rings (SSSR count). The first-order chi connectivity index (χ1) is 9.88. The highest BCUT2D eigenvalue weighted by Crippen LogP contribution is 2.17. The summed E-state index contributed by atoms with van der Waals surface area (Å²) >= 11 is 4.85. The molecule has 1 saturated heterocycles. The van der Waals surface area contributed by atoms with E-state index in [4.69, 9.17) is 18.0 Å². The van der Waals surface area contributed by atoms with Crippen molar-refractivity contribution in [3.05, 3.63) is 34.9 Å². The summed E-state index contributed by atoms with van der Waals surface area (Å²) in [6.07, 6.45) is 0. The van der Waals surface area contributed by atoms with E-state index in [1.54, 1.807) is 4.90 Å². The minimum absolute atomic E-state index is 0.0864. The fourth-order valence-corrected chi connectivity index (χ4v) is 2.50. The van der Waals surface area contributed by atoms with Crippen LogP contribution in [0, 0.1) is 18.6 Å². The van der Waals surface area contributed by atoms with E-state index in [2.05, 4.69) is 0 Å². The van der Waals surface area contributed by atoms with Crippen LogP contribution in [0.3, 0.4) is 0 Å². The van der Waals surface area contributed by atoms with Crippen molar-refractivity contribution in [3.8, 4) is 0 Å². The molecule has 1 heterocycles. The molecule has 7 heteroatoms. The lowest BCUT2D eigenvalue weighted by Crippen LogP contribution is -2.50. The fourth-order valence-electron chi connectivity index (χ4n) is 2.32. The van der Waals surface area contributed by atoms with Gasteiger partial charge in [-0.25, -0.2) is 8.78 Å². The standard InChI is InChI=1S/C14H17F2N3OS/c1-9-6-10(12(16)7-11(9)15)14(20)19-4-2-18(3-5-19)8-13(17)21/h6-7H,2-5,8H2,1H3,(H2,17,21). The van der Waals surface area contributed by atoms with Gasteiger partial charge in [0.05, 0.1) is 10.6 Å². The zero-order chi connectivity index (χ0) is 15.6. The first-order valence-corrected chi connectivity index (χ1v) is 7.05. The molecule has 2 N–H and O–H groups in total.